The molecule has 1 saturated heterocycles. The van der Waals surface area contributed by atoms with Gasteiger partial charge >= 0.3 is 0 Å². The second-order valence-corrected chi connectivity index (χ2v) is 7.39. The number of Topliss-reactive ketones (excluding diaryl/α,β-unsaturated/α-hetero) is 1. The van der Waals surface area contributed by atoms with E-state index in [-0.39, 0.29) is 23.1 Å². The maximum absolute atomic E-state index is 11.7. The van der Waals surface area contributed by atoms with Crippen LogP contribution in [-0.2, 0) is 4.74 Å². The Kier molecular flexibility index (Phi) is 4.00. The molecule has 1 aliphatic heterocycles. The Morgan fingerprint density at radius 3 is 2.50 bits per heavy atom. The molecule has 1 heterocycles. The Bertz CT molecular complexity index is 535. The molecule has 1 aromatic carbocycles. The van der Waals surface area contributed by atoms with Crippen molar-refractivity contribution in [2.45, 2.75) is 58.3 Å². The standard InChI is InChI=1S/C16H21BrO3/c1-10(18)12-7-6-11(17)8-13(12)19-14-9-15(2,3)20-16(14,4)5/h6-8,14H,9H2,1-5H3. The lowest BCUT2D eigenvalue weighted by Gasteiger charge is -2.28. The minimum Gasteiger partial charge on any atom is -0.487 e. The van der Waals surface area contributed by atoms with Crippen LogP contribution in [0.1, 0.15) is 51.4 Å². The zero-order valence-electron chi connectivity index (χ0n) is 12.6. The first-order valence-electron chi connectivity index (χ1n) is 6.78. The quantitative estimate of drug-likeness (QED) is 0.766. The second-order valence-electron chi connectivity index (χ2n) is 6.47. The number of rotatable bonds is 3. The number of hydrogen-bond donors (Lipinski definition) is 0. The van der Waals surface area contributed by atoms with Gasteiger partial charge in [-0.1, -0.05) is 15.9 Å². The summed E-state index contributed by atoms with van der Waals surface area (Å²) < 4.78 is 13.1. The highest BCUT2D eigenvalue weighted by atomic mass is 79.9. The molecule has 1 unspecified atom stereocenters. The van der Waals surface area contributed by atoms with Gasteiger partial charge < -0.3 is 9.47 Å². The van der Waals surface area contributed by atoms with E-state index in [4.69, 9.17) is 9.47 Å². The van der Waals surface area contributed by atoms with Crippen LogP contribution in [0.25, 0.3) is 0 Å². The molecule has 0 aliphatic carbocycles. The molecule has 110 valence electrons. The average Bonchev–Trinajstić information content (AvgIpc) is 2.46. The first kappa shape index (κ1) is 15.5. The molecule has 0 radical (unpaired) electrons. The van der Waals surface area contributed by atoms with E-state index < -0.39 is 0 Å². The van der Waals surface area contributed by atoms with Crippen LogP contribution < -0.4 is 4.74 Å². The van der Waals surface area contributed by atoms with E-state index in [1.54, 1.807) is 13.0 Å². The van der Waals surface area contributed by atoms with Gasteiger partial charge in [0.2, 0.25) is 0 Å². The predicted octanol–water partition coefficient (Wildman–Crippen LogP) is 4.38. The Balaban J connectivity index is 2.30. The van der Waals surface area contributed by atoms with E-state index in [1.807, 2.05) is 26.0 Å². The zero-order chi connectivity index (χ0) is 15.1. The molecule has 1 aromatic rings. The number of hydrogen-bond acceptors (Lipinski definition) is 3. The molecular formula is C16H21BrO3. The molecule has 0 N–H and O–H groups in total. The SMILES string of the molecule is CC(=O)c1ccc(Br)cc1OC1CC(C)(C)OC1(C)C. The molecule has 4 heteroatoms. The van der Waals surface area contributed by atoms with Crippen molar-refractivity contribution in [1.29, 1.82) is 0 Å². The van der Waals surface area contributed by atoms with Gasteiger partial charge in [-0.15, -0.1) is 0 Å². The number of ether oxygens (including phenoxy) is 2. The highest BCUT2D eigenvalue weighted by molar-refractivity contribution is 9.10. The fourth-order valence-corrected chi connectivity index (χ4v) is 3.07. The summed E-state index contributed by atoms with van der Waals surface area (Å²) in [5.74, 6) is 0.620. The summed E-state index contributed by atoms with van der Waals surface area (Å²) >= 11 is 3.42. The lowest BCUT2D eigenvalue weighted by Crippen LogP contribution is -2.37. The highest BCUT2D eigenvalue weighted by Gasteiger charge is 2.47. The molecule has 0 saturated carbocycles. The lowest BCUT2D eigenvalue weighted by molar-refractivity contribution is -0.0846. The summed E-state index contributed by atoms with van der Waals surface area (Å²) in [4.78, 5) is 11.7. The molecule has 1 atom stereocenters. The fourth-order valence-electron chi connectivity index (χ4n) is 2.73. The average molecular weight is 341 g/mol. The molecule has 20 heavy (non-hydrogen) atoms. The van der Waals surface area contributed by atoms with Gasteiger partial charge in [0.05, 0.1) is 11.2 Å². The molecule has 0 spiro atoms. The third kappa shape index (κ3) is 3.23. The summed E-state index contributed by atoms with van der Waals surface area (Å²) in [7, 11) is 0. The Morgan fingerprint density at radius 1 is 1.35 bits per heavy atom. The second kappa shape index (κ2) is 5.15. The summed E-state index contributed by atoms with van der Waals surface area (Å²) in [6.45, 7) is 9.72. The fraction of sp³-hybridized carbons (Fsp3) is 0.562. The molecule has 3 nitrogen and oxygen atoms in total. The van der Waals surface area contributed by atoms with Gasteiger partial charge in [-0.25, -0.2) is 0 Å². The maximum Gasteiger partial charge on any atom is 0.163 e. The van der Waals surface area contributed by atoms with Crippen LogP contribution in [0.5, 0.6) is 5.75 Å². The van der Waals surface area contributed by atoms with Gasteiger partial charge in [-0.2, -0.15) is 0 Å². The molecule has 1 fully saturated rings. The summed E-state index contributed by atoms with van der Waals surface area (Å²) in [5, 5.41) is 0. The first-order chi connectivity index (χ1) is 9.11. The predicted molar refractivity (Wildman–Crippen MR) is 82.4 cm³/mol. The van der Waals surface area contributed by atoms with E-state index in [9.17, 15) is 4.79 Å². The van der Waals surface area contributed by atoms with Crippen molar-refractivity contribution in [3.8, 4) is 5.75 Å². The largest absolute Gasteiger partial charge is 0.487 e. The molecule has 0 bridgehead atoms. The molecule has 0 amide bonds. The van der Waals surface area contributed by atoms with Gasteiger partial charge in [-0.3, -0.25) is 4.79 Å². The van der Waals surface area contributed by atoms with E-state index in [0.29, 0.717) is 11.3 Å². The van der Waals surface area contributed by atoms with E-state index in [2.05, 4.69) is 29.8 Å². The van der Waals surface area contributed by atoms with Gasteiger partial charge in [0.15, 0.2) is 5.78 Å². The molecule has 0 aromatic heterocycles. The van der Waals surface area contributed by atoms with Gasteiger partial charge in [-0.05, 0) is 52.8 Å². The van der Waals surface area contributed by atoms with Crippen molar-refractivity contribution in [3.05, 3.63) is 28.2 Å². The van der Waals surface area contributed by atoms with Crippen LogP contribution in [0.4, 0.5) is 0 Å². The topological polar surface area (TPSA) is 35.5 Å². The van der Waals surface area contributed by atoms with Crippen molar-refractivity contribution in [1.82, 2.24) is 0 Å². The van der Waals surface area contributed by atoms with Crippen molar-refractivity contribution in [3.63, 3.8) is 0 Å². The minimum absolute atomic E-state index is 0.00322. The number of halogens is 1. The summed E-state index contributed by atoms with van der Waals surface area (Å²) in [6.07, 6.45) is 0.717. The zero-order valence-corrected chi connectivity index (χ0v) is 14.2. The van der Waals surface area contributed by atoms with Crippen LogP contribution in [0, 0.1) is 0 Å². The molecule has 1 aliphatic rings. The number of carbonyl (C=O) groups is 1. The Hall–Kier alpha value is -0.870. The van der Waals surface area contributed by atoms with Crippen LogP contribution >= 0.6 is 15.9 Å². The summed E-state index contributed by atoms with van der Waals surface area (Å²) in [6, 6.07) is 5.48. The van der Waals surface area contributed by atoms with Gasteiger partial charge in [0.25, 0.3) is 0 Å². The van der Waals surface area contributed by atoms with Gasteiger partial charge in [0.1, 0.15) is 17.5 Å². The lowest BCUT2D eigenvalue weighted by atomic mass is 9.97. The Morgan fingerprint density at radius 2 is 2.00 bits per heavy atom. The van der Waals surface area contributed by atoms with Crippen molar-refractivity contribution in [2.24, 2.45) is 0 Å². The maximum atomic E-state index is 11.7. The third-order valence-corrected chi connectivity index (χ3v) is 4.08. The van der Waals surface area contributed by atoms with Gasteiger partial charge in [0, 0.05) is 10.9 Å². The summed E-state index contributed by atoms with van der Waals surface area (Å²) in [5.41, 5.74) is 0.0184. The van der Waals surface area contributed by atoms with E-state index >= 15 is 0 Å². The van der Waals surface area contributed by atoms with Crippen molar-refractivity contribution < 1.29 is 14.3 Å². The van der Waals surface area contributed by atoms with Crippen LogP contribution in [0.15, 0.2) is 22.7 Å². The van der Waals surface area contributed by atoms with Crippen LogP contribution in [0.3, 0.4) is 0 Å². The van der Waals surface area contributed by atoms with Crippen LogP contribution in [-0.4, -0.2) is 23.1 Å². The normalized spacial score (nSPS) is 23.6. The first-order valence-corrected chi connectivity index (χ1v) is 7.57. The van der Waals surface area contributed by atoms with Crippen molar-refractivity contribution >= 4 is 21.7 Å². The Labute approximate surface area is 128 Å². The smallest absolute Gasteiger partial charge is 0.163 e. The van der Waals surface area contributed by atoms with Crippen molar-refractivity contribution in [2.75, 3.05) is 0 Å². The highest BCUT2D eigenvalue weighted by Crippen LogP contribution is 2.40. The van der Waals surface area contributed by atoms with E-state index in [0.717, 1.165) is 10.9 Å². The molecule has 2 rings (SSSR count). The van der Waals surface area contributed by atoms with Crippen LogP contribution in [0.2, 0.25) is 0 Å². The third-order valence-electron chi connectivity index (χ3n) is 3.58. The molecular weight excluding hydrogens is 320 g/mol. The number of carbonyl (C=O) groups excluding carboxylic acids is 1. The monoisotopic (exact) mass is 340 g/mol. The van der Waals surface area contributed by atoms with E-state index in [1.165, 1.54) is 0 Å². The number of benzene rings is 1. The minimum atomic E-state index is -0.375. The number of ketones is 1.